The molecule has 3 rings (SSSR count). The molecule has 0 saturated carbocycles. The second-order valence-electron chi connectivity index (χ2n) is 5.30. The lowest BCUT2D eigenvalue weighted by molar-refractivity contribution is -0.115. The van der Waals surface area contributed by atoms with Gasteiger partial charge in [0.25, 0.3) is 0 Å². The maximum absolute atomic E-state index is 12.0. The van der Waals surface area contributed by atoms with Gasteiger partial charge in [-0.05, 0) is 30.2 Å². The van der Waals surface area contributed by atoms with Gasteiger partial charge in [0.15, 0.2) is 11.5 Å². The molecule has 2 N–H and O–H groups in total. The Morgan fingerprint density at radius 3 is 2.83 bits per heavy atom. The van der Waals surface area contributed by atoms with Crippen LogP contribution in [0.4, 0.5) is 11.4 Å². The van der Waals surface area contributed by atoms with E-state index in [0.717, 1.165) is 12.1 Å². The Balaban J connectivity index is 1.50. The van der Waals surface area contributed by atoms with E-state index in [1.165, 1.54) is 5.56 Å². The standard InChI is InChI=1S/C18H20N2O3/c1-2-13-5-3-4-6-15(13)19-10-9-18(21)20-14-7-8-16-17(11-14)23-12-22-16/h3-8,11,19H,2,9-10,12H2,1H3,(H,20,21). The van der Waals surface area contributed by atoms with E-state index < -0.39 is 0 Å². The Kier molecular flexibility index (Phi) is 4.66. The lowest BCUT2D eigenvalue weighted by Gasteiger charge is -2.11. The molecule has 0 atom stereocenters. The predicted molar refractivity (Wildman–Crippen MR) is 90.1 cm³/mol. The Labute approximate surface area is 135 Å². The summed E-state index contributed by atoms with van der Waals surface area (Å²) in [7, 11) is 0. The summed E-state index contributed by atoms with van der Waals surface area (Å²) in [5, 5.41) is 6.19. The van der Waals surface area contributed by atoms with Crippen molar-refractivity contribution in [1.82, 2.24) is 0 Å². The highest BCUT2D eigenvalue weighted by atomic mass is 16.7. The van der Waals surface area contributed by atoms with Crippen LogP contribution in [0.25, 0.3) is 0 Å². The summed E-state index contributed by atoms with van der Waals surface area (Å²) in [6.45, 7) is 2.94. The summed E-state index contributed by atoms with van der Waals surface area (Å²) in [5.74, 6) is 1.34. The molecule has 2 aromatic carbocycles. The molecule has 0 radical (unpaired) electrons. The number of carbonyl (C=O) groups excluding carboxylic acids is 1. The normalized spacial score (nSPS) is 12.0. The van der Waals surface area contributed by atoms with Gasteiger partial charge in [0.1, 0.15) is 0 Å². The fourth-order valence-corrected chi connectivity index (χ4v) is 2.51. The first-order valence-corrected chi connectivity index (χ1v) is 7.77. The summed E-state index contributed by atoms with van der Waals surface area (Å²) in [6, 6.07) is 13.5. The average Bonchev–Trinajstić information content (AvgIpc) is 3.03. The van der Waals surface area contributed by atoms with E-state index in [9.17, 15) is 4.79 Å². The zero-order valence-corrected chi connectivity index (χ0v) is 13.1. The molecule has 5 heteroatoms. The number of carbonyl (C=O) groups is 1. The summed E-state index contributed by atoms with van der Waals surface area (Å²) < 4.78 is 10.5. The summed E-state index contributed by atoms with van der Waals surface area (Å²) >= 11 is 0. The summed E-state index contributed by atoms with van der Waals surface area (Å²) in [6.07, 6.45) is 1.36. The lowest BCUT2D eigenvalue weighted by atomic mass is 10.1. The number of hydrogen-bond donors (Lipinski definition) is 2. The van der Waals surface area contributed by atoms with E-state index in [0.29, 0.717) is 30.2 Å². The van der Waals surface area contributed by atoms with E-state index in [1.807, 2.05) is 24.3 Å². The number of rotatable bonds is 6. The molecule has 0 spiro atoms. The van der Waals surface area contributed by atoms with Gasteiger partial charge in [-0.25, -0.2) is 0 Å². The second-order valence-corrected chi connectivity index (χ2v) is 5.30. The van der Waals surface area contributed by atoms with Crippen LogP contribution in [0.3, 0.4) is 0 Å². The zero-order valence-electron chi connectivity index (χ0n) is 13.1. The molecule has 0 aliphatic carbocycles. The number of hydrogen-bond acceptors (Lipinski definition) is 4. The Morgan fingerprint density at radius 2 is 1.96 bits per heavy atom. The highest BCUT2D eigenvalue weighted by molar-refractivity contribution is 5.91. The van der Waals surface area contributed by atoms with Gasteiger partial charge in [0.05, 0.1) is 0 Å². The number of fused-ring (bicyclic) bond motifs is 1. The van der Waals surface area contributed by atoms with E-state index in [1.54, 1.807) is 12.1 Å². The van der Waals surface area contributed by atoms with Gasteiger partial charge >= 0.3 is 0 Å². The van der Waals surface area contributed by atoms with E-state index in [-0.39, 0.29) is 12.7 Å². The topological polar surface area (TPSA) is 59.6 Å². The molecule has 0 bridgehead atoms. The molecule has 0 aromatic heterocycles. The Hall–Kier alpha value is -2.69. The monoisotopic (exact) mass is 312 g/mol. The number of ether oxygens (including phenoxy) is 2. The molecule has 0 fully saturated rings. The van der Waals surface area contributed by atoms with Crippen molar-refractivity contribution in [3.8, 4) is 11.5 Å². The van der Waals surface area contributed by atoms with Gasteiger partial charge in [-0.3, -0.25) is 4.79 Å². The van der Waals surface area contributed by atoms with Gasteiger partial charge in [-0.1, -0.05) is 25.1 Å². The molecular weight excluding hydrogens is 292 g/mol. The van der Waals surface area contributed by atoms with Crippen molar-refractivity contribution in [2.45, 2.75) is 19.8 Å². The van der Waals surface area contributed by atoms with Crippen LogP contribution < -0.4 is 20.1 Å². The molecule has 0 unspecified atom stereocenters. The van der Waals surface area contributed by atoms with Crippen LogP contribution in [0.15, 0.2) is 42.5 Å². The molecule has 1 aliphatic heterocycles. The average molecular weight is 312 g/mol. The SMILES string of the molecule is CCc1ccccc1NCCC(=O)Nc1ccc2c(c1)OCO2. The Bertz CT molecular complexity index is 700. The van der Waals surface area contributed by atoms with Crippen LogP contribution >= 0.6 is 0 Å². The minimum atomic E-state index is -0.0367. The van der Waals surface area contributed by atoms with Crippen molar-refractivity contribution < 1.29 is 14.3 Å². The highest BCUT2D eigenvalue weighted by Crippen LogP contribution is 2.34. The molecule has 5 nitrogen and oxygen atoms in total. The van der Waals surface area contributed by atoms with Crippen molar-refractivity contribution >= 4 is 17.3 Å². The van der Waals surface area contributed by atoms with Gasteiger partial charge in [-0.2, -0.15) is 0 Å². The maximum atomic E-state index is 12.0. The fraction of sp³-hybridized carbons (Fsp3) is 0.278. The molecule has 23 heavy (non-hydrogen) atoms. The fourth-order valence-electron chi connectivity index (χ4n) is 2.51. The van der Waals surface area contributed by atoms with Gasteiger partial charge in [0, 0.05) is 30.4 Å². The van der Waals surface area contributed by atoms with E-state index in [4.69, 9.17) is 9.47 Å². The number of amides is 1. The van der Waals surface area contributed by atoms with Crippen molar-refractivity contribution in [3.63, 3.8) is 0 Å². The predicted octanol–water partition coefficient (Wildman–Crippen LogP) is 3.42. The first-order valence-electron chi connectivity index (χ1n) is 7.77. The van der Waals surface area contributed by atoms with Gasteiger partial charge < -0.3 is 20.1 Å². The quantitative estimate of drug-likeness (QED) is 0.858. The zero-order chi connectivity index (χ0) is 16.1. The molecule has 1 amide bonds. The Morgan fingerprint density at radius 1 is 1.13 bits per heavy atom. The van der Waals surface area contributed by atoms with Crippen LogP contribution in [-0.4, -0.2) is 19.2 Å². The molecule has 120 valence electrons. The summed E-state index contributed by atoms with van der Waals surface area (Å²) in [5.41, 5.74) is 3.06. The molecule has 2 aromatic rings. The molecule has 1 heterocycles. The number of nitrogens with one attached hydrogen (secondary N) is 2. The van der Waals surface area contributed by atoms with Crippen LogP contribution in [0.1, 0.15) is 18.9 Å². The third kappa shape index (κ3) is 3.74. The third-order valence-electron chi connectivity index (χ3n) is 3.72. The molecular formula is C18H20N2O3. The van der Waals surface area contributed by atoms with Crippen molar-refractivity contribution in [3.05, 3.63) is 48.0 Å². The van der Waals surface area contributed by atoms with Crippen LogP contribution in [-0.2, 0) is 11.2 Å². The van der Waals surface area contributed by atoms with Crippen LogP contribution in [0.2, 0.25) is 0 Å². The minimum absolute atomic E-state index is 0.0367. The maximum Gasteiger partial charge on any atom is 0.231 e. The molecule has 1 aliphatic rings. The number of benzene rings is 2. The van der Waals surface area contributed by atoms with E-state index in [2.05, 4.69) is 23.6 Å². The molecule has 0 saturated heterocycles. The van der Waals surface area contributed by atoms with Crippen molar-refractivity contribution in [1.29, 1.82) is 0 Å². The van der Waals surface area contributed by atoms with Crippen LogP contribution in [0, 0.1) is 0 Å². The lowest BCUT2D eigenvalue weighted by Crippen LogP contribution is -2.16. The smallest absolute Gasteiger partial charge is 0.231 e. The first-order chi connectivity index (χ1) is 11.3. The van der Waals surface area contributed by atoms with Crippen molar-refractivity contribution in [2.24, 2.45) is 0 Å². The van der Waals surface area contributed by atoms with Crippen LogP contribution in [0.5, 0.6) is 11.5 Å². The summed E-state index contributed by atoms with van der Waals surface area (Å²) in [4.78, 5) is 12.0. The number of para-hydroxylation sites is 1. The highest BCUT2D eigenvalue weighted by Gasteiger charge is 2.14. The minimum Gasteiger partial charge on any atom is -0.454 e. The second kappa shape index (κ2) is 7.05. The van der Waals surface area contributed by atoms with E-state index >= 15 is 0 Å². The number of aryl methyl sites for hydroxylation is 1. The largest absolute Gasteiger partial charge is 0.454 e. The first kappa shape index (κ1) is 15.2. The van der Waals surface area contributed by atoms with Gasteiger partial charge in [-0.15, -0.1) is 0 Å². The van der Waals surface area contributed by atoms with Gasteiger partial charge in [0.2, 0.25) is 12.7 Å². The third-order valence-corrected chi connectivity index (χ3v) is 3.72. The van der Waals surface area contributed by atoms with Crippen molar-refractivity contribution in [2.75, 3.05) is 24.0 Å². The number of anilines is 2.